The van der Waals surface area contributed by atoms with Crippen LogP contribution < -0.4 is 0 Å². The molecule has 0 spiro atoms. The Morgan fingerprint density at radius 2 is 2.05 bits per heavy atom. The predicted molar refractivity (Wildman–Crippen MR) is 140 cm³/mol. The van der Waals surface area contributed by atoms with Crippen LogP contribution in [-0.4, -0.2) is 107 Å². The highest BCUT2D eigenvalue weighted by atomic mass is 35.5. The number of nitrogens with zero attached hydrogens (tertiary/aromatic N) is 6. The molecule has 0 radical (unpaired) electrons. The maximum atomic E-state index is 12.2. The zero-order valence-corrected chi connectivity index (χ0v) is 22.2. The van der Waals surface area contributed by atoms with Crippen molar-refractivity contribution >= 4 is 28.4 Å². The zero-order valence-electron chi connectivity index (χ0n) is 21.5. The average molecular weight is 531 g/mol. The van der Waals surface area contributed by atoms with E-state index >= 15 is 0 Å². The van der Waals surface area contributed by atoms with E-state index in [2.05, 4.69) is 20.8 Å². The second-order valence-electron chi connectivity index (χ2n) is 10.2. The summed E-state index contributed by atoms with van der Waals surface area (Å²) in [6.07, 6.45) is 4.16. The van der Waals surface area contributed by atoms with Crippen LogP contribution >= 0.6 is 11.6 Å². The van der Waals surface area contributed by atoms with Crippen molar-refractivity contribution in [2.75, 3.05) is 60.1 Å². The molecule has 200 valence electrons. The van der Waals surface area contributed by atoms with Gasteiger partial charge in [-0.25, -0.2) is 0 Å². The topological polar surface area (TPSA) is 100 Å². The van der Waals surface area contributed by atoms with E-state index in [9.17, 15) is 9.90 Å². The van der Waals surface area contributed by atoms with Gasteiger partial charge in [-0.05, 0) is 24.8 Å². The molecule has 0 bridgehead atoms. The predicted octanol–water partition coefficient (Wildman–Crippen LogP) is 2.34. The highest BCUT2D eigenvalue weighted by Gasteiger charge is 2.29. The molecule has 3 aromatic rings. The Kier molecular flexibility index (Phi) is 8.11. The highest BCUT2D eigenvalue weighted by Crippen LogP contribution is 2.34. The maximum Gasteiger partial charge on any atom is 0.241 e. The molecule has 11 heteroatoms. The smallest absolute Gasteiger partial charge is 0.241 e. The number of likely N-dealkylation sites (N-methyl/N-ethyl adjacent to an activating group) is 1. The van der Waals surface area contributed by atoms with E-state index in [1.54, 1.807) is 19.0 Å². The number of aliphatic hydroxyl groups excluding tert-OH is 1. The van der Waals surface area contributed by atoms with Gasteiger partial charge in [-0.1, -0.05) is 28.9 Å². The van der Waals surface area contributed by atoms with E-state index in [1.807, 2.05) is 23.1 Å². The van der Waals surface area contributed by atoms with E-state index < -0.39 is 0 Å². The first-order valence-corrected chi connectivity index (χ1v) is 13.3. The molecule has 0 unspecified atom stereocenters. The Hall–Kier alpha value is -2.50. The first kappa shape index (κ1) is 26.1. The van der Waals surface area contributed by atoms with Crippen molar-refractivity contribution in [3.8, 4) is 11.4 Å². The molecule has 10 nitrogen and oxygen atoms in total. The molecule has 1 N–H and O–H groups in total. The number of halogens is 1. The molecular formula is C26H35ClN6O4. The van der Waals surface area contributed by atoms with Crippen molar-refractivity contribution < 1.29 is 19.2 Å². The van der Waals surface area contributed by atoms with Crippen LogP contribution in [0.15, 0.2) is 28.9 Å². The number of hydrogen-bond donors (Lipinski definition) is 1. The van der Waals surface area contributed by atoms with Crippen molar-refractivity contribution in [1.82, 2.24) is 29.4 Å². The number of benzene rings is 1. The van der Waals surface area contributed by atoms with Crippen LogP contribution in [0.5, 0.6) is 0 Å². The summed E-state index contributed by atoms with van der Waals surface area (Å²) in [4.78, 5) is 22.7. The van der Waals surface area contributed by atoms with Crippen LogP contribution in [0.25, 0.3) is 22.3 Å². The van der Waals surface area contributed by atoms with Crippen LogP contribution in [0, 0.1) is 5.92 Å². The Labute approximate surface area is 221 Å². The third kappa shape index (κ3) is 5.83. The molecule has 2 saturated heterocycles. The summed E-state index contributed by atoms with van der Waals surface area (Å²) in [6, 6.07) is 5.79. The lowest BCUT2D eigenvalue weighted by Gasteiger charge is -2.40. The van der Waals surface area contributed by atoms with Crippen LogP contribution in [0.3, 0.4) is 0 Å². The van der Waals surface area contributed by atoms with E-state index in [0.717, 1.165) is 55.6 Å². The third-order valence-electron chi connectivity index (χ3n) is 7.45. The second-order valence-corrected chi connectivity index (χ2v) is 10.6. The number of carbonyl (C=O) groups is 1. The van der Waals surface area contributed by atoms with Crippen molar-refractivity contribution in [2.24, 2.45) is 5.92 Å². The number of hydrogen-bond acceptors (Lipinski definition) is 8. The van der Waals surface area contributed by atoms with Crippen molar-refractivity contribution in [3.63, 3.8) is 0 Å². The quantitative estimate of drug-likeness (QED) is 0.474. The maximum absolute atomic E-state index is 12.2. The fraction of sp³-hybridized carbons (Fsp3) is 0.577. The summed E-state index contributed by atoms with van der Waals surface area (Å²) >= 11 is 6.64. The lowest BCUT2D eigenvalue weighted by Crippen LogP contribution is -2.56. The number of piperazine rings is 1. The van der Waals surface area contributed by atoms with Crippen LogP contribution in [0.1, 0.15) is 18.7 Å². The largest absolute Gasteiger partial charge is 0.395 e. The van der Waals surface area contributed by atoms with E-state index in [4.69, 9.17) is 25.8 Å². The van der Waals surface area contributed by atoms with Gasteiger partial charge in [-0.3, -0.25) is 14.6 Å². The molecule has 1 atom stereocenters. The average Bonchev–Trinajstić information content (AvgIpc) is 3.50. The summed E-state index contributed by atoms with van der Waals surface area (Å²) in [6.45, 7) is 5.30. The minimum Gasteiger partial charge on any atom is -0.395 e. The number of fused-ring (bicyclic) bond motifs is 1. The molecule has 2 aromatic heterocycles. The Bertz CT molecular complexity index is 1220. The van der Waals surface area contributed by atoms with Gasteiger partial charge in [0.2, 0.25) is 17.6 Å². The summed E-state index contributed by atoms with van der Waals surface area (Å²) in [5, 5.41) is 15.9. The Balaban J connectivity index is 1.30. The molecule has 37 heavy (non-hydrogen) atoms. The molecule has 2 aliphatic rings. The van der Waals surface area contributed by atoms with Crippen LogP contribution in [0.2, 0.25) is 5.02 Å². The van der Waals surface area contributed by atoms with E-state index in [0.29, 0.717) is 48.8 Å². The number of amides is 1. The van der Waals surface area contributed by atoms with Crippen molar-refractivity contribution in [3.05, 3.63) is 35.3 Å². The lowest BCUT2D eigenvalue weighted by atomic mass is 10.0. The third-order valence-corrected chi connectivity index (χ3v) is 7.75. The molecule has 1 aromatic carbocycles. The Morgan fingerprint density at radius 1 is 1.24 bits per heavy atom. The van der Waals surface area contributed by atoms with Gasteiger partial charge in [-0.2, -0.15) is 4.98 Å². The first-order valence-electron chi connectivity index (χ1n) is 12.9. The van der Waals surface area contributed by atoms with E-state index in [-0.39, 0.29) is 18.6 Å². The Morgan fingerprint density at radius 3 is 2.81 bits per heavy atom. The number of para-hydroxylation sites is 1. The molecule has 2 fully saturated rings. The molecule has 1 amide bonds. The lowest BCUT2D eigenvalue weighted by molar-refractivity contribution is -0.131. The normalized spacial score (nSPS) is 20.1. The van der Waals surface area contributed by atoms with Gasteiger partial charge >= 0.3 is 0 Å². The summed E-state index contributed by atoms with van der Waals surface area (Å²) in [5.74, 6) is 1.64. The standard InChI is InChI=1S/C26H35ClN6O4/c1-30(2)24(35)16-32-9-8-31(13-19(32)17-34)15-23-28-26(29-37-23)21-14-33(12-18-6-10-36-11-7-18)25-20(21)4-3-5-22(25)27/h3-5,14,18-19,34H,6-13,15-17H2,1-2H3/t19-/m1/s1. The number of carbonyl (C=O) groups excluding carboxylic acids is 1. The van der Waals surface area contributed by atoms with Gasteiger partial charge in [0.05, 0.1) is 30.2 Å². The molecule has 0 saturated carbocycles. The van der Waals surface area contributed by atoms with E-state index in [1.165, 1.54) is 0 Å². The first-order chi connectivity index (χ1) is 17.9. The monoisotopic (exact) mass is 530 g/mol. The van der Waals surface area contributed by atoms with Crippen molar-refractivity contribution in [1.29, 1.82) is 0 Å². The molecule has 2 aliphatic heterocycles. The number of aromatic nitrogens is 3. The molecular weight excluding hydrogens is 496 g/mol. The van der Waals surface area contributed by atoms with Crippen molar-refractivity contribution in [2.45, 2.75) is 32.0 Å². The summed E-state index contributed by atoms with van der Waals surface area (Å²) in [5.41, 5.74) is 1.89. The zero-order chi connectivity index (χ0) is 25.9. The van der Waals surface area contributed by atoms with Gasteiger partial charge < -0.3 is 23.8 Å². The van der Waals surface area contributed by atoms with Gasteiger partial charge in [0.25, 0.3) is 0 Å². The second kappa shape index (κ2) is 11.5. The summed E-state index contributed by atoms with van der Waals surface area (Å²) < 4.78 is 13.4. The van der Waals surface area contributed by atoms with Crippen LogP contribution in [0.4, 0.5) is 0 Å². The van der Waals surface area contributed by atoms with Gasteiger partial charge in [0.1, 0.15) is 0 Å². The minimum atomic E-state index is -0.120. The summed E-state index contributed by atoms with van der Waals surface area (Å²) in [7, 11) is 3.49. The number of ether oxygens (including phenoxy) is 1. The molecule has 0 aliphatic carbocycles. The molecule has 4 heterocycles. The number of rotatable bonds is 8. The van der Waals surface area contributed by atoms with Crippen LogP contribution in [-0.2, 0) is 22.6 Å². The van der Waals surface area contributed by atoms with Gasteiger partial charge in [0, 0.05) is 76.7 Å². The SMILES string of the molecule is CN(C)C(=O)CN1CCN(Cc2nc(-c3cn(CC4CCOCC4)c4c(Cl)cccc34)no2)C[C@@H]1CO. The highest BCUT2D eigenvalue weighted by molar-refractivity contribution is 6.35. The number of aliphatic hydroxyl groups is 1. The van der Waals surface area contributed by atoms with Gasteiger partial charge in [-0.15, -0.1) is 0 Å². The minimum absolute atomic E-state index is 0.0142. The fourth-order valence-electron chi connectivity index (χ4n) is 5.26. The van der Waals surface area contributed by atoms with Gasteiger partial charge in [0.15, 0.2) is 0 Å². The fourth-order valence-corrected chi connectivity index (χ4v) is 5.54. The molecule has 5 rings (SSSR count).